The molecule has 0 heterocycles. The van der Waals surface area contributed by atoms with Crippen LogP contribution in [0.25, 0.3) is 0 Å². The van der Waals surface area contributed by atoms with Crippen molar-refractivity contribution in [3.8, 4) is 51.7 Å². The van der Waals surface area contributed by atoms with Gasteiger partial charge >= 0.3 is 6.18 Å². The SMILES string of the molecule is Nc1cc(C(F)(C(F)F)C(F)(F)F)ccc1O.Nc1ccc(Oc2ccc(Oc3ccc(N)cc3)cc2)cc1.Nc1ccc(Oc2ccc(Oc3ccc(N)cc3)cc2)cc1. The number of phenols is 1. The van der Waals surface area contributed by atoms with Crippen molar-refractivity contribution in [2.45, 2.75) is 18.3 Å². The van der Waals surface area contributed by atoms with E-state index in [9.17, 15) is 26.3 Å². The molecule has 61 heavy (non-hydrogen) atoms. The minimum absolute atomic E-state index is 0.328. The van der Waals surface area contributed by atoms with Crippen LogP contribution in [0, 0.1) is 0 Å². The third-order valence-electron chi connectivity index (χ3n) is 8.27. The highest BCUT2D eigenvalue weighted by Gasteiger charge is 2.64. The van der Waals surface area contributed by atoms with Gasteiger partial charge in [-0.2, -0.15) is 13.2 Å². The quantitative estimate of drug-likeness (QED) is 0.0439. The van der Waals surface area contributed by atoms with E-state index in [4.69, 9.17) is 52.7 Å². The molecule has 0 radical (unpaired) electrons. The maximum Gasteiger partial charge on any atom is 0.432 e. The highest BCUT2D eigenvalue weighted by molar-refractivity contribution is 5.55. The molecular weight excluding hydrogens is 805 g/mol. The molecule has 0 bridgehead atoms. The van der Waals surface area contributed by atoms with Crippen LogP contribution in [0.2, 0.25) is 0 Å². The zero-order chi connectivity index (χ0) is 44.2. The number of halogens is 6. The Labute approximate surface area is 346 Å². The van der Waals surface area contributed by atoms with Gasteiger partial charge in [0.1, 0.15) is 51.7 Å². The van der Waals surface area contributed by atoms with Crippen LogP contribution in [0.15, 0.2) is 164 Å². The molecule has 0 saturated heterocycles. The summed E-state index contributed by atoms with van der Waals surface area (Å²) in [6, 6.07) is 45.2. The summed E-state index contributed by atoms with van der Waals surface area (Å²) in [6.45, 7) is 0. The van der Waals surface area contributed by atoms with E-state index < -0.39 is 35.3 Å². The Kier molecular flexibility index (Phi) is 14.3. The molecule has 0 saturated carbocycles. The molecule has 10 nitrogen and oxygen atoms in total. The molecule has 0 spiro atoms. The summed E-state index contributed by atoms with van der Waals surface area (Å²) < 4.78 is 97.9. The predicted molar refractivity (Wildman–Crippen MR) is 224 cm³/mol. The highest BCUT2D eigenvalue weighted by Crippen LogP contribution is 2.48. The van der Waals surface area contributed by atoms with Gasteiger partial charge in [0.05, 0.1) is 5.69 Å². The second-order valence-electron chi connectivity index (χ2n) is 12.9. The number of benzene rings is 7. The molecule has 1 atom stereocenters. The van der Waals surface area contributed by atoms with Gasteiger partial charge in [-0.1, -0.05) is 6.07 Å². The van der Waals surface area contributed by atoms with E-state index in [-0.39, 0.29) is 0 Å². The molecule has 7 rings (SSSR count). The van der Waals surface area contributed by atoms with Gasteiger partial charge in [-0.15, -0.1) is 0 Å². The summed E-state index contributed by atoms with van der Waals surface area (Å²) in [7, 11) is 0. The monoisotopic (exact) mass is 843 g/mol. The fraction of sp³-hybridized carbons (Fsp3) is 0.0667. The van der Waals surface area contributed by atoms with Crippen LogP contribution in [0.1, 0.15) is 5.56 Å². The first kappa shape index (κ1) is 44.2. The van der Waals surface area contributed by atoms with E-state index in [1.54, 1.807) is 48.5 Å². The molecule has 0 fully saturated rings. The van der Waals surface area contributed by atoms with Crippen molar-refractivity contribution in [2.24, 2.45) is 0 Å². The zero-order valence-corrected chi connectivity index (χ0v) is 31.9. The van der Waals surface area contributed by atoms with Gasteiger partial charge < -0.3 is 52.7 Å². The number of phenolic OH excluding ortho intramolecular Hbond substituents is 1. The van der Waals surface area contributed by atoms with Gasteiger partial charge in [0.15, 0.2) is 0 Å². The topological polar surface area (TPSA) is 187 Å². The van der Waals surface area contributed by atoms with Crippen molar-refractivity contribution >= 4 is 28.4 Å². The van der Waals surface area contributed by atoms with Crippen LogP contribution >= 0.6 is 0 Å². The van der Waals surface area contributed by atoms with E-state index in [1.807, 2.05) is 97.1 Å². The number of hydrogen-bond donors (Lipinski definition) is 6. The van der Waals surface area contributed by atoms with Crippen molar-refractivity contribution in [2.75, 3.05) is 28.7 Å². The maximum atomic E-state index is 13.5. The lowest BCUT2D eigenvalue weighted by Gasteiger charge is -2.27. The van der Waals surface area contributed by atoms with Crippen molar-refractivity contribution < 1.29 is 50.4 Å². The van der Waals surface area contributed by atoms with Crippen molar-refractivity contribution in [3.63, 3.8) is 0 Å². The Hall–Kier alpha value is -7.88. The molecule has 0 aliphatic rings. The first-order chi connectivity index (χ1) is 29.0. The van der Waals surface area contributed by atoms with E-state index in [2.05, 4.69) is 0 Å². The number of nitrogens with two attached hydrogens (primary N) is 5. The van der Waals surface area contributed by atoms with Crippen LogP contribution in [0.3, 0.4) is 0 Å². The molecule has 0 amide bonds. The first-order valence-corrected chi connectivity index (χ1v) is 17.9. The van der Waals surface area contributed by atoms with Gasteiger partial charge in [0, 0.05) is 28.3 Å². The molecule has 7 aromatic carbocycles. The Bertz CT molecular complexity index is 2170. The summed E-state index contributed by atoms with van der Waals surface area (Å²) in [5.41, 5.74) is 23.7. The molecule has 7 aromatic rings. The largest absolute Gasteiger partial charge is 0.506 e. The number of ether oxygens (including phenoxy) is 4. The third-order valence-corrected chi connectivity index (χ3v) is 8.27. The summed E-state index contributed by atoms with van der Waals surface area (Å²) in [5, 5.41) is 8.93. The van der Waals surface area contributed by atoms with Crippen LogP contribution in [-0.2, 0) is 5.67 Å². The Morgan fingerprint density at radius 3 is 0.803 bits per heavy atom. The minimum atomic E-state index is -5.79. The number of rotatable bonds is 10. The molecule has 0 aromatic heterocycles. The second kappa shape index (κ2) is 19.7. The maximum absolute atomic E-state index is 13.5. The van der Waals surface area contributed by atoms with Crippen LogP contribution < -0.4 is 47.6 Å². The summed E-state index contributed by atoms with van der Waals surface area (Å²) in [4.78, 5) is 0. The van der Waals surface area contributed by atoms with Crippen LogP contribution in [0.5, 0.6) is 51.7 Å². The average Bonchev–Trinajstić information content (AvgIpc) is 3.23. The van der Waals surface area contributed by atoms with E-state index in [0.29, 0.717) is 40.9 Å². The molecule has 0 aliphatic heterocycles. The molecule has 16 heteroatoms. The van der Waals surface area contributed by atoms with Crippen molar-refractivity contribution in [1.29, 1.82) is 0 Å². The lowest BCUT2D eigenvalue weighted by Crippen LogP contribution is -2.44. The molecule has 0 aliphatic carbocycles. The van der Waals surface area contributed by atoms with Gasteiger partial charge in [-0.05, 0) is 158 Å². The Morgan fingerprint density at radius 1 is 0.377 bits per heavy atom. The normalized spacial score (nSPS) is 11.8. The first-order valence-electron chi connectivity index (χ1n) is 17.9. The second-order valence-corrected chi connectivity index (χ2v) is 12.9. The van der Waals surface area contributed by atoms with Crippen molar-refractivity contribution in [1.82, 2.24) is 0 Å². The standard InChI is InChI=1S/2C18H16N2O2.C9H7F6NO/c2*19-13-1-5-15(6-2-13)21-17-9-11-18(12-10-17)22-16-7-3-14(20)4-8-16;10-7(11)8(12,9(13,14)15)4-1-2-6(17)5(16)3-4/h2*1-12H,19-20H2;1-3,7,17H,16H2. The summed E-state index contributed by atoms with van der Waals surface area (Å²) >= 11 is 0. The fourth-order valence-electron chi connectivity index (χ4n) is 5.03. The Balaban J connectivity index is 0.000000175. The average molecular weight is 844 g/mol. The predicted octanol–water partition coefficient (Wildman–Crippen LogP) is 11.8. The molecular formula is C45H39F6N5O5. The minimum Gasteiger partial charge on any atom is -0.506 e. The van der Waals surface area contributed by atoms with E-state index >= 15 is 0 Å². The van der Waals surface area contributed by atoms with Crippen LogP contribution in [0.4, 0.5) is 54.8 Å². The molecule has 1 unspecified atom stereocenters. The van der Waals surface area contributed by atoms with Gasteiger partial charge in [-0.25, -0.2) is 13.2 Å². The number of alkyl halides is 6. The smallest absolute Gasteiger partial charge is 0.432 e. The summed E-state index contributed by atoms with van der Waals surface area (Å²) in [5.74, 6) is 5.26. The third kappa shape index (κ3) is 12.6. The number of hydrogen-bond acceptors (Lipinski definition) is 10. The zero-order valence-electron chi connectivity index (χ0n) is 31.9. The fourth-order valence-corrected chi connectivity index (χ4v) is 5.03. The van der Waals surface area contributed by atoms with E-state index in [1.165, 1.54) is 0 Å². The van der Waals surface area contributed by atoms with Gasteiger partial charge in [0.25, 0.3) is 12.1 Å². The van der Waals surface area contributed by atoms with Gasteiger partial charge in [0.2, 0.25) is 0 Å². The summed E-state index contributed by atoms with van der Waals surface area (Å²) in [6.07, 6.45) is -10.1. The highest BCUT2D eigenvalue weighted by atomic mass is 19.4. The number of anilines is 5. The van der Waals surface area contributed by atoms with Crippen LogP contribution in [-0.4, -0.2) is 17.7 Å². The van der Waals surface area contributed by atoms with Crippen molar-refractivity contribution in [3.05, 3.63) is 169 Å². The lowest BCUT2D eigenvalue weighted by atomic mass is 9.95. The molecule has 316 valence electrons. The Morgan fingerprint density at radius 2 is 0.607 bits per heavy atom. The van der Waals surface area contributed by atoms with E-state index in [0.717, 1.165) is 46.0 Å². The number of aromatic hydroxyl groups is 1. The number of nitrogen functional groups attached to an aromatic ring is 5. The van der Waals surface area contributed by atoms with Gasteiger partial charge in [-0.3, -0.25) is 0 Å². The molecule has 11 N–H and O–H groups in total. The lowest BCUT2D eigenvalue weighted by molar-refractivity contribution is -0.274.